The van der Waals surface area contributed by atoms with Gasteiger partial charge in [0.05, 0.1) is 22.3 Å². The van der Waals surface area contributed by atoms with E-state index in [0.29, 0.717) is 28.3 Å². The zero-order valence-electron chi connectivity index (χ0n) is 12.9. The van der Waals surface area contributed by atoms with E-state index in [1.807, 2.05) is 18.8 Å². The third-order valence-corrected chi connectivity index (χ3v) is 6.05. The van der Waals surface area contributed by atoms with Crippen molar-refractivity contribution >= 4 is 46.6 Å². The number of amides is 1. The first kappa shape index (κ1) is 17.9. The minimum absolute atomic E-state index is 0.0572. The van der Waals surface area contributed by atoms with Gasteiger partial charge in [-0.3, -0.25) is 9.69 Å². The van der Waals surface area contributed by atoms with E-state index in [4.69, 9.17) is 23.2 Å². The fourth-order valence-electron chi connectivity index (χ4n) is 2.85. The lowest BCUT2D eigenvalue weighted by molar-refractivity contribution is -0.117. The van der Waals surface area contributed by atoms with Crippen LogP contribution in [0.1, 0.15) is 26.2 Å². The summed E-state index contributed by atoms with van der Waals surface area (Å²) < 4.78 is 0. The van der Waals surface area contributed by atoms with Crippen LogP contribution in [0, 0.1) is 0 Å². The lowest BCUT2D eigenvalue weighted by Gasteiger charge is -2.24. The van der Waals surface area contributed by atoms with Crippen molar-refractivity contribution in [2.24, 2.45) is 0 Å². The number of benzene rings is 1. The van der Waals surface area contributed by atoms with E-state index in [1.54, 1.807) is 18.2 Å². The molecule has 0 aromatic heterocycles. The van der Waals surface area contributed by atoms with E-state index in [0.717, 1.165) is 11.0 Å². The molecule has 0 heterocycles. The van der Waals surface area contributed by atoms with Crippen molar-refractivity contribution in [1.82, 2.24) is 4.90 Å². The van der Waals surface area contributed by atoms with Gasteiger partial charge in [0, 0.05) is 11.3 Å². The van der Waals surface area contributed by atoms with Gasteiger partial charge in [-0.25, -0.2) is 0 Å². The third-order valence-electron chi connectivity index (χ3n) is 4.00. The van der Waals surface area contributed by atoms with Crippen molar-refractivity contribution in [3.05, 3.63) is 28.2 Å². The van der Waals surface area contributed by atoms with Gasteiger partial charge in [0.1, 0.15) is 0 Å². The molecule has 1 saturated carbocycles. The normalized spacial score (nSPS) is 21.3. The van der Waals surface area contributed by atoms with E-state index in [9.17, 15) is 4.79 Å². The summed E-state index contributed by atoms with van der Waals surface area (Å²) in [5.41, 5.74) is 0.568. The topological polar surface area (TPSA) is 32.3 Å². The van der Waals surface area contributed by atoms with E-state index in [1.165, 1.54) is 19.3 Å². The smallest absolute Gasteiger partial charge is 0.238 e. The molecule has 0 radical (unpaired) electrons. The predicted octanol–water partition coefficient (Wildman–Crippen LogP) is 4.54. The highest BCUT2D eigenvalue weighted by molar-refractivity contribution is 7.99. The summed E-state index contributed by atoms with van der Waals surface area (Å²) >= 11 is 14.1. The first-order chi connectivity index (χ1) is 10.5. The third kappa shape index (κ3) is 4.79. The van der Waals surface area contributed by atoms with Crippen LogP contribution < -0.4 is 5.32 Å². The molecule has 1 aliphatic rings. The zero-order valence-corrected chi connectivity index (χ0v) is 15.3. The van der Waals surface area contributed by atoms with Gasteiger partial charge in [-0.1, -0.05) is 36.2 Å². The quantitative estimate of drug-likeness (QED) is 0.808. The molecule has 0 spiro atoms. The number of nitrogens with one attached hydrogen (secondary N) is 1. The lowest BCUT2D eigenvalue weighted by Crippen LogP contribution is -2.36. The Morgan fingerprint density at radius 1 is 1.41 bits per heavy atom. The molecule has 1 aliphatic carbocycles. The van der Waals surface area contributed by atoms with Gasteiger partial charge in [-0.15, -0.1) is 0 Å². The molecular formula is C16H22Cl2N2OS. The predicted molar refractivity (Wildman–Crippen MR) is 97.3 cm³/mol. The van der Waals surface area contributed by atoms with Crippen LogP contribution in [0.4, 0.5) is 5.69 Å². The van der Waals surface area contributed by atoms with Crippen molar-refractivity contribution < 1.29 is 4.79 Å². The van der Waals surface area contributed by atoms with Gasteiger partial charge >= 0.3 is 0 Å². The first-order valence-electron chi connectivity index (χ1n) is 7.57. The Hall–Kier alpha value is -0.420. The second-order valence-corrected chi connectivity index (χ2v) is 7.97. The van der Waals surface area contributed by atoms with Crippen LogP contribution in [0.25, 0.3) is 0 Å². The minimum atomic E-state index is -0.0572. The van der Waals surface area contributed by atoms with Crippen LogP contribution in [0.5, 0.6) is 0 Å². The fraction of sp³-hybridized carbons (Fsp3) is 0.562. The second kappa shape index (κ2) is 8.44. The molecule has 2 unspecified atom stereocenters. The van der Waals surface area contributed by atoms with Crippen LogP contribution in [0.3, 0.4) is 0 Å². The highest BCUT2D eigenvalue weighted by atomic mass is 35.5. The highest BCUT2D eigenvalue weighted by Crippen LogP contribution is 2.32. The molecule has 1 fully saturated rings. The molecule has 22 heavy (non-hydrogen) atoms. The Bertz CT molecular complexity index is 527. The highest BCUT2D eigenvalue weighted by Gasteiger charge is 2.28. The Morgan fingerprint density at radius 3 is 2.91 bits per heavy atom. The van der Waals surface area contributed by atoms with Gasteiger partial charge in [0.2, 0.25) is 5.91 Å². The number of thioether (sulfide) groups is 1. The summed E-state index contributed by atoms with van der Waals surface area (Å²) in [6.07, 6.45) is 3.58. The van der Waals surface area contributed by atoms with E-state index in [-0.39, 0.29) is 5.91 Å². The van der Waals surface area contributed by atoms with Gasteiger partial charge in [0.25, 0.3) is 0 Å². The van der Waals surface area contributed by atoms with E-state index < -0.39 is 0 Å². The average molecular weight is 361 g/mol. The number of anilines is 1. The summed E-state index contributed by atoms with van der Waals surface area (Å²) in [7, 11) is 2.02. The molecule has 3 nitrogen and oxygen atoms in total. The number of likely N-dealkylation sites (N-methyl/N-ethyl adjacent to an activating group) is 1. The van der Waals surface area contributed by atoms with Crippen molar-refractivity contribution in [2.45, 2.75) is 37.5 Å². The molecule has 1 aromatic rings. The summed E-state index contributed by atoms with van der Waals surface area (Å²) in [6.45, 7) is 2.57. The number of carbonyl (C=O) groups is 1. The summed E-state index contributed by atoms with van der Waals surface area (Å²) in [5, 5.41) is 4.41. The Labute approximate surface area is 146 Å². The van der Waals surface area contributed by atoms with Gasteiger partial charge in [0.15, 0.2) is 0 Å². The summed E-state index contributed by atoms with van der Waals surface area (Å²) in [6, 6.07) is 5.73. The Morgan fingerprint density at radius 2 is 2.18 bits per heavy atom. The molecule has 6 heteroatoms. The van der Waals surface area contributed by atoms with Crippen LogP contribution in [-0.4, -0.2) is 41.4 Å². The van der Waals surface area contributed by atoms with Crippen molar-refractivity contribution in [1.29, 1.82) is 0 Å². The SMILES string of the molecule is CCSC1CCC(N(C)CC(=O)Nc2cccc(Cl)c2Cl)C1. The molecule has 0 aliphatic heterocycles. The zero-order chi connectivity index (χ0) is 16.1. The average Bonchev–Trinajstić information content (AvgIpc) is 2.93. The van der Waals surface area contributed by atoms with Crippen LogP contribution >= 0.6 is 35.0 Å². The molecule has 2 rings (SSSR count). The van der Waals surface area contributed by atoms with E-state index >= 15 is 0 Å². The number of rotatable bonds is 6. The minimum Gasteiger partial charge on any atom is -0.324 e. The van der Waals surface area contributed by atoms with Crippen LogP contribution in [0.15, 0.2) is 18.2 Å². The molecule has 2 atom stereocenters. The maximum Gasteiger partial charge on any atom is 0.238 e. The van der Waals surface area contributed by atoms with E-state index in [2.05, 4.69) is 17.1 Å². The van der Waals surface area contributed by atoms with Gasteiger partial charge in [-0.05, 0) is 44.2 Å². The van der Waals surface area contributed by atoms with Crippen molar-refractivity contribution in [2.75, 3.05) is 24.7 Å². The van der Waals surface area contributed by atoms with Crippen LogP contribution in [-0.2, 0) is 4.79 Å². The molecule has 1 amide bonds. The molecule has 0 saturated heterocycles. The molecule has 0 bridgehead atoms. The number of carbonyl (C=O) groups excluding carboxylic acids is 1. The molecule has 122 valence electrons. The maximum atomic E-state index is 12.2. The maximum absolute atomic E-state index is 12.2. The number of nitrogens with zero attached hydrogens (tertiary/aromatic N) is 1. The van der Waals surface area contributed by atoms with Gasteiger partial charge < -0.3 is 5.32 Å². The summed E-state index contributed by atoms with van der Waals surface area (Å²) in [5.74, 6) is 1.10. The lowest BCUT2D eigenvalue weighted by atomic mass is 10.2. The standard InChI is InChI=1S/C16H22Cl2N2OS/c1-3-22-12-8-7-11(9-12)20(2)10-15(21)19-14-6-4-5-13(17)16(14)18/h4-6,11-12H,3,7-10H2,1-2H3,(H,19,21). The Balaban J connectivity index is 1.85. The number of hydrogen-bond acceptors (Lipinski definition) is 3. The number of hydrogen-bond donors (Lipinski definition) is 1. The van der Waals surface area contributed by atoms with Crippen molar-refractivity contribution in [3.63, 3.8) is 0 Å². The largest absolute Gasteiger partial charge is 0.324 e. The first-order valence-corrected chi connectivity index (χ1v) is 9.37. The van der Waals surface area contributed by atoms with Crippen LogP contribution in [0.2, 0.25) is 10.0 Å². The Kier molecular flexibility index (Phi) is 6.87. The van der Waals surface area contributed by atoms with Crippen molar-refractivity contribution in [3.8, 4) is 0 Å². The molecule has 1 N–H and O–H groups in total. The summed E-state index contributed by atoms with van der Waals surface area (Å²) in [4.78, 5) is 14.3. The van der Waals surface area contributed by atoms with Gasteiger partial charge in [-0.2, -0.15) is 11.8 Å². The second-order valence-electron chi connectivity index (χ2n) is 5.61. The monoisotopic (exact) mass is 360 g/mol. The molecule has 1 aromatic carbocycles. The molecular weight excluding hydrogens is 339 g/mol. The fourth-order valence-corrected chi connectivity index (χ4v) is 4.33. The number of halogens is 2.